The molecule has 0 aromatic rings. The molecule has 0 heterocycles. The molecule has 2 aliphatic carbocycles. The summed E-state index contributed by atoms with van der Waals surface area (Å²) in [4.78, 5) is 2.71. The van der Waals surface area contributed by atoms with Gasteiger partial charge in [0.25, 0.3) is 0 Å². The molecule has 0 atom stereocenters. The van der Waals surface area contributed by atoms with Gasteiger partial charge in [-0.1, -0.05) is 13.8 Å². The number of hydrogen-bond donors (Lipinski definition) is 1. The van der Waals surface area contributed by atoms with E-state index in [1.165, 1.54) is 58.4 Å². The predicted octanol–water partition coefficient (Wildman–Crippen LogP) is 2.35. The van der Waals surface area contributed by atoms with Crippen LogP contribution in [-0.4, -0.2) is 37.6 Å². The van der Waals surface area contributed by atoms with Gasteiger partial charge in [0.05, 0.1) is 0 Å². The van der Waals surface area contributed by atoms with E-state index in [-0.39, 0.29) is 0 Å². The Bertz CT molecular complexity index is 181. The van der Waals surface area contributed by atoms with Crippen LogP contribution in [0.15, 0.2) is 0 Å². The van der Waals surface area contributed by atoms with E-state index in [1.54, 1.807) is 0 Å². The fourth-order valence-corrected chi connectivity index (χ4v) is 2.22. The smallest absolute Gasteiger partial charge is 0.0107 e. The molecule has 0 radical (unpaired) electrons. The molecule has 0 amide bonds. The van der Waals surface area contributed by atoms with E-state index in [2.05, 4.69) is 24.1 Å². The molecule has 0 aromatic carbocycles. The fourth-order valence-electron chi connectivity index (χ4n) is 2.22. The Morgan fingerprint density at radius 1 is 1.06 bits per heavy atom. The van der Waals surface area contributed by atoms with Gasteiger partial charge in [-0.3, -0.25) is 0 Å². The average molecular weight is 224 g/mol. The zero-order chi connectivity index (χ0) is 11.4. The van der Waals surface area contributed by atoms with Gasteiger partial charge in [-0.2, -0.15) is 0 Å². The Morgan fingerprint density at radius 2 is 1.62 bits per heavy atom. The topological polar surface area (TPSA) is 15.3 Å². The van der Waals surface area contributed by atoms with Crippen molar-refractivity contribution in [2.45, 2.75) is 39.5 Å². The van der Waals surface area contributed by atoms with E-state index >= 15 is 0 Å². The third kappa shape index (κ3) is 5.31. The molecule has 2 aliphatic rings. The van der Waals surface area contributed by atoms with Gasteiger partial charge in [0.2, 0.25) is 0 Å². The Labute approximate surface area is 101 Å². The monoisotopic (exact) mass is 224 g/mol. The van der Waals surface area contributed by atoms with Crippen LogP contribution in [0.4, 0.5) is 0 Å². The highest BCUT2D eigenvalue weighted by Gasteiger charge is 2.28. The van der Waals surface area contributed by atoms with Gasteiger partial charge in [0.1, 0.15) is 0 Å². The van der Waals surface area contributed by atoms with Crippen LogP contribution in [0.5, 0.6) is 0 Å². The molecule has 0 aromatic heterocycles. The molecule has 0 spiro atoms. The summed E-state index contributed by atoms with van der Waals surface area (Å²) in [6, 6.07) is 0. The molecule has 2 rings (SSSR count). The normalized spacial score (nSPS) is 21.0. The lowest BCUT2D eigenvalue weighted by Crippen LogP contribution is -2.36. The van der Waals surface area contributed by atoms with Gasteiger partial charge < -0.3 is 10.2 Å². The lowest BCUT2D eigenvalue weighted by molar-refractivity contribution is 0.251. The van der Waals surface area contributed by atoms with Gasteiger partial charge in [-0.15, -0.1) is 0 Å². The quantitative estimate of drug-likeness (QED) is 0.605. The molecule has 16 heavy (non-hydrogen) atoms. The predicted molar refractivity (Wildman–Crippen MR) is 69.6 cm³/mol. The van der Waals surface area contributed by atoms with E-state index in [0.29, 0.717) is 0 Å². The minimum atomic E-state index is 0.778. The summed E-state index contributed by atoms with van der Waals surface area (Å²) in [5.74, 6) is 2.87. The summed E-state index contributed by atoms with van der Waals surface area (Å²) in [6.45, 7) is 10.9. The standard InChI is InChI=1S/C14H28N2/c1-12(2)9-15-7-8-16(10-13-3-4-13)11-14-5-6-14/h12-15H,3-11H2,1-2H3. The second-order valence-electron chi connectivity index (χ2n) is 6.24. The van der Waals surface area contributed by atoms with Crippen LogP contribution in [0.25, 0.3) is 0 Å². The Morgan fingerprint density at radius 3 is 2.06 bits per heavy atom. The van der Waals surface area contributed by atoms with Gasteiger partial charge in [0.15, 0.2) is 0 Å². The Kier molecular flexibility index (Phi) is 4.66. The van der Waals surface area contributed by atoms with Crippen LogP contribution in [0.2, 0.25) is 0 Å². The van der Waals surface area contributed by atoms with Crippen molar-refractivity contribution in [3.05, 3.63) is 0 Å². The van der Waals surface area contributed by atoms with Crippen molar-refractivity contribution in [2.24, 2.45) is 17.8 Å². The first-order chi connectivity index (χ1) is 7.74. The average Bonchev–Trinajstić information content (AvgIpc) is 3.06. The molecule has 94 valence electrons. The summed E-state index contributed by atoms with van der Waals surface area (Å²) in [5.41, 5.74) is 0. The molecule has 0 unspecified atom stereocenters. The lowest BCUT2D eigenvalue weighted by atomic mass is 10.2. The molecule has 1 N–H and O–H groups in total. The maximum Gasteiger partial charge on any atom is 0.0107 e. The van der Waals surface area contributed by atoms with Crippen LogP contribution in [-0.2, 0) is 0 Å². The van der Waals surface area contributed by atoms with Crippen molar-refractivity contribution in [3.8, 4) is 0 Å². The molecule has 0 aliphatic heterocycles. The summed E-state index contributed by atoms with van der Waals surface area (Å²) >= 11 is 0. The molecule has 2 saturated carbocycles. The molecule has 0 saturated heterocycles. The number of nitrogens with one attached hydrogen (secondary N) is 1. The summed E-state index contributed by atoms with van der Waals surface area (Å²) in [6.07, 6.45) is 5.95. The number of nitrogens with zero attached hydrogens (tertiary/aromatic N) is 1. The van der Waals surface area contributed by atoms with Crippen molar-refractivity contribution in [1.29, 1.82) is 0 Å². The zero-order valence-electron chi connectivity index (χ0n) is 11.0. The van der Waals surface area contributed by atoms with Crippen molar-refractivity contribution in [3.63, 3.8) is 0 Å². The van der Waals surface area contributed by atoms with Crippen molar-refractivity contribution in [2.75, 3.05) is 32.7 Å². The highest BCUT2D eigenvalue weighted by atomic mass is 15.1. The third-order valence-corrected chi connectivity index (χ3v) is 3.58. The molecule has 2 heteroatoms. The van der Waals surface area contributed by atoms with Crippen LogP contribution in [0.1, 0.15) is 39.5 Å². The van der Waals surface area contributed by atoms with Crippen molar-refractivity contribution in [1.82, 2.24) is 10.2 Å². The Hall–Kier alpha value is -0.0800. The first-order valence-electron chi connectivity index (χ1n) is 7.17. The van der Waals surface area contributed by atoms with Crippen LogP contribution < -0.4 is 5.32 Å². The molecule has 0 bridgehead atoms. The molecule has 2 nitrogen and oxygen atoms in total. The minimum Gasteiger partial charge on any atom is -0.315 e. The summed E-state index contributed by atoms with van der Waals surface area (Å²) < 4.78 is 0. The highest BCUT2D eigenvalue weighted by Crippen LogP contribution is 2.33. The van der Waals surface area contributed by atoms with E-state index in [9.17, 15) is 0 Å². The third-order valence-electron chi connectivity index (χ3n) is 3.58. The molecular formula is C14H28N2. The molecule has 2 fully saturated rings. The Balaban J connectivity index is 1.56. The first-order valence-corrected chi connectivity index (χ1v) is 7.17. The SMILES string of the molecule is CC(C)CNCCN(CC1CC1)CC1CC1. The maximum atomic E-state index is 3.56. The zero-order valence-corrected chi connectivity index (χ0v) is 11.0. The maximum absolute atomic E-state index is 3.56. The van der Waals surface area contributed by atoms with E-state index in [4.69, 9.17) is 0 Å². The minimum absolute atomic E-state index is 0.778. The van der Waals surface area contributed by atoms with Crippen molar-refractivity contribution < 1.29 is 0 Å². The second kappa shape index (κ2) is 6.02. The van der Waals surface area contributed by atoms with Gasteiger partial charge in [0, 0.05) is 26.2 Å². The van der Waals surface area contributed by atoms with Crippen molar-refractivity contribution >= 4 is 0 Å². The van der Waals surface area contributed by atoms with E-state index in [0.717, 1.165) is 17.8 Å². The number of hydrogen-bond acceptors (Lipinski definition) is 2. The second-order valence-corrected chi connectivity index (χ2v) is 6.24. The summed E-state index contributed by atoms with van der Waals surface area (Å²) in [5, 5.41) is 3.56. The van der Waals surface area contributed by atoms with Gasteiger partial charge in [-0.25, -0.2) is 0 Å². The first kappa shape index (κ1) is 12.4. The number of rotatable bonds is 9. The van der Waals surface area contributed by atoms with Crippen LogP contribution in [0, 0.1) is 17.8 Å². The van der Waals surface area contributed by atoms with Crippen LogP contribution >= 0.6 is 0 Å². The summed E-state index contributed by atoms with van der Waals surface area (Å²) in [7, 11) is 0. The van der Waals surface area contributed by atoms with Crippen LogP contribution in [0.3, 0.4) is 0 Å². The highest BCUT2D eigenvalue weighted by molar-refractivity contribution is 4.82. The lowest BCUT2D eigenvalue weighted by Gasteiger charge is -2.22. The fraction of sp³-hybridized carbons (Fsp3) is 1.00. The largest absolute Gasteiger partial charge is 0.315 e. The van der Waals surface area contributed by atoms with Gasteiger partial charge in [-0.05, 0) is 50.0 Å². The van der Waals surface area contributed by atoms with E-state index in [1.807, 2.05) is 0 Å². The van der Waals surface area contributed by atoms with E-state index < -0.39 is 0 Å². The molecular weight excluding hydrogens is 196 g/mol. The van der Waals surface area contributed by atoms with Gasteiger partial charge >= 0.3 is 0 Å².